The van der Waals surface area contributed by atoms with Crippen molar-refractivity contribution in [1.82, 2.24) is 10.6 Å². The quantitative estimate of drug-likeness (QED) is 0.801. The number of anilines is 1. The number of carbonyl (C=O) groups excluding carboxylic acids is 2. The maximum Gasteiger partial charge on any atom is 0.321 e. The second-order valence-corrected chi connectivity index (χ2v) is 5.67. The standard InChI is InChI=1S/C16H22FN3O2/c1-11(18-14-9-5-6-12(17)10-14)15(21)20-16(22)19-13-7-3-2-4-8-13/h5-6,9-11,13,18H,2-4,7-8H2,1H3,(H2,19,20,21,22)/t11-/m0/s1. The van der Waals surface area contributed by atoms with Crippen molar-refractivity contribution in [3.05, 3.63) is 30.1 Å². The van der Waals surface area contributed by atoms with Gasteiger partial charge in [0.25, 0.3) is 0 Å². The molecule has 0 heterocycles. The average Bonchev–Trinajstić information content (AvgIpc) is 2.48. The van der Waals surface area contributed by atoms with Crippen molar-refractivity contribution in [2.45, 2.75) is 51.1 Å². The van der Waals surface area contributed by atoms with Crippen molar-refractivity contribution in [2.75, 3.05) is 5.32 Å². The van der Waals surface area contributed by atoms with E-state index < -0.39 is 18.0 Å². The summed E-state index contributed by atoms with van der Waals surface area (Å²) in [7, 11) is 0. The molecule has 1 saturated carbocycles. The number of amides is 3. The lowest BCUT2D eigenvalue weighted by molar-refractivity contribution is -0.120. The molecule has 1 atom stereocenters. The fraction of sp³-hybridized carbons (Fsp3) is 0.500. The number of imide groups is 1. The summed E-state index contributed by atoms with van der Waals surface area (Å²) in [6.45, 7) is 1.62. The van der Waals surface area contributed by atoms with Gasteiger partial charge in [-0.3, -0.25) is 10.1 Å². The van der Waals surface area contributed by atoms with E-state index in [1.54, 1.807) is 19.1 Å². The summed E-state index contributed by atoms with van der Waals surface area (Å²) in [5.74, 6) is -0.828. The lowest BCUT2D eigenvalue weighted by Gasteiger charge is -2.23. The van der Waals surface area contributed by atoms with Crippen molar-refractivity contribution in [2.24, 2.45) is 0 Å². The molecule has 1 aromatic rings. The Kier molecular flexibility index (Phi) is 5.75. The monoisotopic (exact) mass is 307 g/mol. The van der Waals surface area contributed by atoms with Gasteiger partial charge in [-0.05, 0) is 38.0 Å². The smallest absolute Gasteiger partial charge is 0.321 e. The number of urea groups is 1. The molecule has 3 N–H and O–H groups in total. The molecule has 1 aliphatic carbocycles. The largest absolute Gasteiger partial charge is 0.374 e. The second-order valence-electron chi connectivity index (χ2n) is 5.67. The number of halogens is 1. The second kappa shape index (κ2) is 7.77. The Bertz CT molecular complexity index is 530. The number of hydrogen-bond acceptors (Lipinski definition) is 3. The summed E-state index contributed by atoms with van der Waals surface area (Å²) >= 11 is 0. The molecule has 5 nitrogen and oxygen atoms in total. The first-order valence-corrected chi connectivity index (χ1v) is 7.68. The highest BCUT2D eigenvalue weighted by atomic mass is 19.1. The number of rotatable bonds is 4. The van der Waals surface area contributed by atoms with Crippen LogP contribution in [0.2, 0.25) is 0 Å². The van der Waals surface area contributed by atoms with Crippen LogP contribution in [0.1, 0.15) is 39.0 Å². The molecule has 22 heavy (non-hydrogen) atoms. The molecule has 3 amide bonds. The van der Waals surface area contributed by atoms with Gasteiger partial charge in [-0.2, -0.15) is 0 Å². The van der Waals surface area contributed by atoms with Crippen molar-refractivity contribution < 1.29 is 14.0 Å². The van der Waals surface area contributed by atoms with Gasteiger partial charge in [-0.1, -0.05) is 25.3 Å². The summed E-state index contributed by atoms with van der Waals surface area (Å²) < 4.78 is 13.1. The van der Waals surface area contributed by atoms with Crippen LogP contribution in [0, 0.1) is 5.82 Å². The Morgan fingerprint density at radius 2 is 1.95 bits per heavy atom. The molecule has 0 saturated heterocycles. The van der Waals surface area contributed by atoms with E-state index in [2.05, 4.69) is 16.0 Å². The Morgan fingerprint density at radius 1 is 1.23 bits per heavy atom. The topological polar surface area (TPSA) is 70.2 Å². The number of hydrogen-bond donors (Lipinski definition) is 3. The van der Waals surface area contributed by atoms with Crippen LogP contribution in [0.4, 0.5) is 14.9 Å². The summed E-state index contributed by atoms with van der Waals surface area (Å²) in [6.07, 6.45) is 5.33. The molecule has 0 aliphatic heterocycles. The Hall–Kier alpha value is -2.11. The third-order valence-corrected chi connectivity index (χ3v) is 3.78. The third-order valence-electron chi connectivity index (χ3n) is 3.78. The molecule has 120 valence electrons. The summed E-state index contributed by atoms with van der Waals surface area (Å²) in [6, 6.07) is 4.88. The van der Waals surface area contributed by atoms with E-state index in [1.165, 1.54) is 18.6 Å². The highest BCUT2D eigenvalue weighted by Gasteiger charge is 2.19. The number of carbonyl (C=O) groups is 2. The molecule has 1 aromatic carbocycles. The van der Waals surface area contributed by atoms with Crippen LogP contribution in [-0.2, 0) is 4.79 Å². The van der Waals surface area contributed by atoms with Gasteiger partial charge >= 0.3 is 6.03 Å². The highest BCUT2D eigenvalue weighted by molar-refractivity contribution is 5.98. The Morgan fingerprint density at radius 3 is 2.64 bits per heavy atom. The first-order valence-electron chi connectivity index (χ1n) is 7.68. The Labute approximate surface area is 129 Å². The van der Waals surface area contributed by atoms with Crippen molar-refractivity contribution >= 4 is 17.6 Å². The predicted molar refractivity (Wildman–Crippen MR) is 83.0 cm³/mol. The summed E-state index contributed by atoms with van der Waals surface area (Å²) in [4.78, 5) is 23.8. The van der Waals surface area contributed by atoms with Gasteiger partial charge < -0.3 is 10.6 Å². The van der Waals surface area contributed by atoms with E-state index in [4.69, 9.17) is 0 Å². The molecule has 0 bridgehead atoms. The van der Waals surface area contributed by atoms with Crippen LogP contribution in [0.3, 0.4) is 0 Å². The van der Waals surface area contributed by atoms with Crippen molar-refractivity contribution in [3.63, 3.8) is 0 Å². The zero-order chi connectivity index (χ0) is 15.9. The average molecular weight is 307 g/mol. The van der Waals surface area contributed by atoms with Crippen molar-refractivity contribution in [1.29, 1.82) is 0 Å². The maximum atomic E-state index is 13.1. The SMILES string of the molecule is C[C@H](Nc1cccc(F)c1)C(=O)NC(=O)NC1CCCCC1. The van der Waals surface area contributed by atoms with E-state index in [-0.39, 0.29) is 11.9 Å². The van der Waals surface area contributed by atoms with Crippen LogP contribution >= 0.6 is 0 Å². The van der Waals surface area contributed by atoms with Crippen LogP contribution in [0.15, 0.2) is 24.3 Å². The van der Waals surface area contributed by atoms with E-state index in [9.17, 15) is 14.0 Å². The van der Waals surface area contributed by atoms with E-state index in [0.717, 1.165) is 25.7 Å². The molecule has 1 aliphatic rings. The molecule has 0 spiro atoms. The molecular formula is C16H22FN3O2. The molecule has 1 fully saturated rings. The minimum atomic E-state index is -0.640. The molecule has 2 rings (SSSR count). The molecular weight excluding hydrogens is 285 g/mol. The van der Waals surface area contributed by atoms with Crippen molar-refractivity contribution in [3.8, 4) is 0 Å². The van der Waals surface area contributed by atoms with Gasteiger partial charge in [-0.25, -0.2) is 9.18 Å². The van der Waals surface area contributed by atoms with Gasteiger partial charge in [0.2, 0.25) is 5.91 Å². The van der Waals surface area contributed by atoms with Gasteiger partial charge in [0.1, 0.15) is 11.9 Å². The minimum Gasteiger partial charge on any atom is -0.374 e. The van der Waals surface area contributed by atoms with E-state index >= 15 is 0 Å². The lowest BCUT2D eigenvalue weighted by atomic mass is 9.96. The van der Waals surface area contributed by atoms with Gasteiger partial charge in [0.15, 0.2) is 0 Å². The fourth-order valence-corrected chi connectivity index (χ4v) is 2.58. The fourth-order valence-electron chi connectivity index (χ4n) is 2.58. The number of benzene rings is 1. The molecule has 6 heteroatoms. The summed E-state index contributed by atoms with van der Waals surface area (Å²) in [5.41, 5.74) is 0.496. The molecule has 0 radical (unpaired) electrons. The highest BCUT2D eigenvalue weighted by Crippen LogP contribution is 2.17. The van der Waals surface area contributed by atoms with Gasteiger partial charge in [-0.15, -0.1) is 0 Å². The van der Waals surface area contributed by atoms with Gasteiger partial charge in [0.05, 0.1) is 0 Å². The molecule has 0 unspecified atom stereocenters. The van der Waals surface area contributed by atoms with Crippen LogP contribution in [0.5, 0.6) is 0 Å². The first kappa shape index (κ1) is 16.3. The zero-order valence-corrected chi connectivity index (χ0v) is 12.7. The van der Waals surface area contributed by atoms with E-state index in [1.807, 2.05) is 0 Å². The number of nitrogens with one attached hydrogen (secondary N) is 3. The zero-order valence-electron chi connectivity index (χ0n) is 12.7. The maximum absolute atomic E-state index is 13.1. The van der Waals surface area contributed by atoms with Gasteiger partial charge in [0, 0.05) is 11.7 Å². The van der Waals surface area contributed by atoms with E-state index in [0.29, 0.717) is 5.69 Å². The van der Waals surface area contributed by atoms with Crippen LogP contribution in [0.25, 0.3) is 0 Å². The summed E-state index contributed by atoms with van der Waals surface area (Å²) in [5, 5.41) is 8.00. The lowest BCUT2D eigenvalue weighted by Crippen LogP contribution is -2.49. The van der Waals surface area contributed by atoms with Crippen LogP contribution in [-0.4, -0.2) is 24.0 Å². The minimum absolute atomic E-state index is 0.146. The normalized spacial score (nSPS) is 16.6. The first-order chi connectivity index (χ1) is 10.5. The molecule has 0 aromatic heterocycles. The Balaban J connectivity index is 1.79. The third kappa shape index (κ3) is 5.02. The van der Waals surface area contributed by atoms with Crippen LogP contribution < -0.4 is 16.0 Å². The predicted octanol–water partition coefficient (Wildman–Crippen LogP) is 2.78.